The van der Waals surface area contributed by atoms with E-state index in [0.717, 1.165) is 42.5 Å². The van der Waals surface area contributed by atoms with Crippen molar-refractivity contribution >= 4 is 11.6 Å². The fourth-order valence-corrected chi connectivity index (χ4v) is 4.06. The van der Waals surface area contributed by atoms with Crippen LogP contribution < -0.4 is 10.1 Å². The summed E-state index contributed by atoms with van der Waals surface area (Å²) >= 11 is 0. The van der Waals surface area contributed by atoms with Gasteiger partial charge in [-0.1, -0.05) is 45.0 Å². The molecule has 1 saturated carbocycles. The number of carbonyl (C=O) groups is 1. The van der Waals surface area contributed by atoms with Gasteiger partial charge in [0.15, 0.2) is 0 Å². The molecule has 3 nitrogen and oxygen atoms in total. The number of carbonyl (C=O) groups excluding carboxylic acids is 1. The minimum absolute atomic E-state index is 0.0458. The molecule has 3 rings (SSSR count). The number of amides is 1. The van der Waals surface area contributed by atoms with Crippen LogP contribution in [0.1, 0.15) is 46.5 Å². The van der Waals surface area contributed by atoms with Gasteiger partial charge in [-0.15, -0.1) is 13.2 Å². The number of nitrogens with one attached hydrogen (secondary N) is 1. The SMILES string of the molecule is CC(C)(C)[C@H]1CC[C@H](C(=O)Nc2ccc(-c3ccc(OC(F)(F)F)cc3)cc2)CC1. The average molecular weight is 419 g/mol. The summed E-state index contributed by atoms with van der Waals surface area (Å²) in [6, 6.07) is 13.0. The van der Waals surface area contributed by atoms with Crippen LogP contribution >= 0.6 is 0 Å². The maximum atomic E-state index is 12.6. The van der Waals surface area contributed by atoms with Crippen molar-refractivity contribution in [3.63, 3.8) is 0 Å². The Labute approximate surface area is 175 Å². The first-order valence-electron chi connectivity index (χ1n) is 10.3. The monoisotopic (exact) mass is 419 g/mol. The van der Waals surface area contributed by atoms with Gasteiger partial charge < -0.3 is 10.1 Å². The predicted molar refractivity (Wildman–Crippen MR) is 112 cm³/mol. The lowest BCUT2D eigenvalue weighted by Crippen LogP contribution is -2.31. The molecule has 30 heavy (non-hydrogen) atoms. The first kappa shape index (κ1) is 22.2. The fraction of sp³-hybridized carbons (Fsp3) is 0.458. The van der Waals surface area contributed by atoms with Gasteiger partial charge in [-0.05, 0) is 72.4 Å². The Bertz CT molecular complexity index is 844. The molecule has 2 aromatic carbocycles. The van der Waals surface area contributed by atoms with Gasteiger partial charge in [0.1, 0.15) is 5.75 Å². The van der Waals surface area contributed by atoms with E-state index < -0.39 is 6.36 Å². The van der Waals surface area contributed by atoms with Crippen LogP contribution in [0.3, 0.4) is 0 Å². The molecule has 1 aliphatic rings. The third kappa shape index (κ3) is 6.00. The molecule has 0 radical (unpaired) electrons. The van der Waals surface area contributed by atoms with Gasteiger partial charge >= 0.3 is 6.36 Å². The molecule has 0 unspecified atom stereocenters. The van der Waals surface area contributed by atoms with Crippen LogP contribution in [0, 0.1) is 17.3 Å². The maximum absolute atomic E-state index is 12.6. The summed E-state index contributed by atoms with van der Waals surface area (Å²) in [6.45, 7) is 6.78. The van der Waals surface area contributed by atoms with Crippen LogP contribution in [-0.2, 0) is 4.79 Å². The van der Waals surface area contributed by atoms with E-state index in [1.807, 2.05) is 24.3 Å². The van der Waals surface area contributed by atoms with E-state index in [4.69, 9.17) is 0 Å². The number of benzene rings is 2. The van der Waals surface area contributed by atoms with E-state index in [1.165, 1.54) is 12.1 Å². The third-order valence-electron chi connectivity index (χ3n) is 5.90. The van der Waals surface area contributed by atoms with Gasteiger partial charge in [0, 0.05) is 11.6 Å². The van der Waals surface area contributed by atoms with E-state index in [2.05, 4.69) is 30.8 Å². The topological polar surface area (TPSA) is 38.3 Å². The van der Waals surface area contributed by atoms with Crippen LogP contribution in [-0.4, -0.2) is 12.3 Å². The number of ether oxygens (including phenoxy) is 1. The molecular formula is C24H28F3NO2. The number of hydrogen-bond donors (Lipinski definition) is 1. The smallest absolute Gasteiger partial charge is 0.406 e. The van der Waals surface area contributed by atoms with E-state index in [9.17, 15) is 18.0 Å². The average Bonchev–Trinajstić information content (AvgIpc) is 2.67. The Morgan fingerprint density at radius 3 is 1.83 bits per heavy atom. The molecule has 6 heteroatoms. The Morgan fingerprint density at radius 1 is 0.867 bits per heavy atom. The van der Waals surface area contributed by atoms with E-state index in [0.29, 0.717) is 5.92 Å². The summed E-state index contributed by atoms with van der Waals surface area (Å²) in [7, 11) is 0. The van der Waals surface area contributed by atoms with Crippen molar-refractivity contribution in [2.45, 2.75) is 52.8 Å². The van der Waals surface area contributed by atoms with Gasteiger partial charge in [0.25, 0.3) is 0 Å². The van der Waals surface area contributed by atoms with Crippen molar-refractivity contribution in [1.29, 1.82) is 0 Å². The molecule has 162 valence electrons. The highest BCUT2D eigenvalue weighted by molar-refractivity contribution is 5.92. The van der Waals surface area contributed by atoms with Crippen molar-refractivity contribution in [3.8, 4) is 16.9 Å². The van der Waals surface area contributed by atoms with Gasteiger partial charge in [-0.3, -0.25) is 4.79 Å². The highest BCUT2D eigenvalue weighted by Crippen LogP contribution is 2.40. The molecule has 0 spiro atoms. The van der Waals surface area contributed by atoms with Crippen molar-refractivity contribution in [2.75, 3.05) is 5.32 Å². The molecule has 0 bridgehead atoms. The highest BCUT2D eigenvalue weighted by Gasteiger charge is 2.32. The zero-order valence-corrected chi connectivity index (χ0v) is 17.6. The number of hydrogen-bond acceptors (Lipinski definition) is 2. The first-order chi connectivity index (χ1) is 14.0. The molecule has 0 heterocycles. The Hall–Kier alpha value is -2.50. The highest BCUT2D eigenvalue weighted by atomic mass is 19.4. The molecule has 0 aliphatic heterocycles. The summed E-state index contributed by atoms with van der Waals surface area (Å²) in [5, 5.41) is 2.99. The number of halogens is 3. The quantitative estimate of drug-likeness (QED) is 0.577. The van der Waals surface area contributed by atoms with Crippen LogP contribution in [0.15, 0.2) is 48.5 Å². The lowest BCUT2D eigenvalue weighted by atomic mass is 9.69. The second-order valence-corrected chi connectivity index (χ2v) is 9.05. The molecule has 1 fully saturated rings. The van der Waals surface area contributed by atoms with Crippen LogP contribution in [0.4, 0.5) is 18.9 Å². The van der Waals surface area contributed by atoms with Gasteiger partial charge in [-0.25, -0.2) is 0 Å². The second-order valence-electron chi connectivity index (χ2n) is 9.05. The van der Waals surface area contributed by atoms with E-state index in [1.54, 1.807) is 12.1 Å². The molecule has 1 N–H and O–H groups in total. The first-order valence-corrected chi connectivity index (χ1v) is 10.3. The number of alkyl halides is 3. The Kier molecular flexibility index (Phi) is 6.44. The van der Waals surface area contributed by atoms with E-state index >= 15 is 0 Å². The summed E-state index contributed by atoms with van der Waals surface area (Å²) < 4.78 is 40.7. The molecule has 1 aliphatic carbocycles. The maximum Gasteiger partial charge on any atom is 0.573 e. The van der Waals surface area contributed by atoms with Gasteiger partial charge in [-0.2, -0.15) is 0 Å². The standard InChI is InChI=1S/C24H28F3NO2/c1-23(2,3)19-10-4-18(5-11-19)22(29)28-20-12-6-16(7-13-20)17-8-14-21(15-9-17)30-24(25,26)27/h6-9,12-15,18-19H,4-5,10-11H2,1-3H3,(H,28,29)/t18-,19-. The number of rotatable bonds is 4. The Balaban J connectivity index is 1.56. The lowest BCUT2D eigenvalue weighted by molar-refractivity contribution is -0.274. The third-order valence-corrected chi connectivity index (χ3v) is 5.90. The van der Waals surface area contributed by atoms with Crippen molar-refractivity contribution in [3.05, 3.63) is 48.5 Å². The summed E-state index contributed by atoms with van der Waals surface area (Å²) in [4.78, 5) is 12.6. The molecule has 0 saturated heterocycles. The normalized spacial score (nSPS) is 19.9. The molecule has 1 amide bonds. The Morgan fingerprint density at radius 2 is 1.37 bits per heavy atom. The van der Waals surface area contributed by atoms with E-state index in [-0.39, 0.29) is 23.0 Å². The summed E-state index contributed by atoms with van der Waals surface area (Å²) in [6.07, 6.45) is -0.715. The fourth-order valence-electron chi connectivity index (χ4n) is 4.06. The summed E-state index contributed by atoms with van der Waals surface area (Å²) in [5.74, 6) is 0.512. The lowest BCUT2D eigenvalue weighted by Gasteiger charge is -2.36. The van der Waals surface area contributed by atoms with Crippen LogP contribution in [0.25, 0.3) is 11.1 Å². The molecular weight excluding hydrogens is 391 g/mol. The molecule has 0 aromatic heterocycles. The van der Waals surface area contributed by atoms with Gasteiger partial charge in [0.05, 0.1) is 0 Å². The van der Waals surface area contributed by atoms with Crippen LogP contribution in [0.5, 0.6) is 5.75 Å². The van der Waals surface area contributed by atoms with Gasteiger partial charge in [0.2, 0.25) is 5.91 Å². The van der Waals surface area contributed by atoms with Crippen molar-refractivity contribution in [1.82, 2.24) is 0 Å². The second kappa shape index (κ2) is 8.70. The minimum atomic E-state index is -4.70. The zero-order chi connectivity index (χ0) is 21.9. The molecule has 2 aromatic rings. The largest absolute Gasteiger partial charge is 0.573 e. The predicted octanol–water partition coefficient (Wildman–Crippen LogP) is 7.04. The van der Waals surface area contributed by atoms with Crippen molar-refractivity contribution in [2.24, 2.45) is 17.3 Å². The molecule has 0 atom stereocenters. The van der Waals surface area contributed by atoms with Crippen molar-refractivity contribution < 1.29 is 22.7 Å². The summed E-state index contributed by atoms with van der Waals surface area (Å²) in [5.41, 5.74) is 2.62. The van der Waals surface area contributed by atoms with Crippen LogP contribution in [0.2, 0.25) is 0 Å². The number of anilines is 1. The zero-order valence-electron chi connectivity index (χ0n) is 17.6. The minimum Gasteiger partial charge on any atom is -0.406 e.